The van der Waals surface area contributed by atoms with Crippen LogP contribution in [0.4, 0.5) is 0 Å². The Morgan fingerprint density at radius 1 is 1.24 bits per heavy atom. The van der Waals surface area contributed by atoms with Crippen molar-refractivity contribution in [2.75, 3.05) is 14.2 Å². The van der Waals surface area contributed by atoms with E-state index in [2.05, 4.69) is 0 Å². The van der Waals surface area contributed by atoms with Crippen molar-refractivity contribution in [1.82, 2.24) is 9.13 Å². The van der Waals surface area contributed by atoms with Crippen LogP contribution in [-0.4, -0.2) is 40.5 Å². The lowest BCUT2D eigenvalue weighted by molar-refractivity contribution is 0.106. The average Bonchev–Trinajstić information content (AvgIpc) is 2.27. The number of nitrogens with zero attached hydrogens (tertiary/aromatic N) is 2. The van der Waals surface area contributed by atoms with E-state index in [-0.39, 0.29) is 18.9 Å². The van der Waals surface area contributed by atoms with Gasteiger partial charge < -0.3 is 19.5 Å². The Labute approximate surface area is 96.8 Å². The lowest BCUT2D eigenvalue weighted by Gasteiger charge is -2.11. The van der Waals surface area contributed by atoms with Crippen LogP contribution in [0.2, 0.25) is 0 Å². The first-order valence-corrected chi connectivity index (χ1v) is 4.71. The number of aromatic nitrogens is 2. The molecule has 1 aromatic heterocycles. The molecule has 1 heterocycles. The van der Waals surface area contributed by atoms with Gasteiger partial charge in [-0.2, -0.15) is 0 Å². The molecule has 0 saturated carbocycles. The fraction of sp³-hybridized carbons (Fsp3) is 0.500. The summed E-state index contributed by atoms with van der Waals surface area (Å²) in [7, 11) is 0.719. The first kappa shape index (κ1) is 13.6. The highest BCUT2D eigenvalue weighted by molar-refractivity contribution is 6.58. The third-order valence-electron chi connectivity index (χ3n) is 2.07. The molecule has 1 rings (SSSR count). The second kappa shape index (κ2) is 5.78. The third-order valence-corrected chi connectivity index (χ3v) is 2.07. The second-order valence-electron chi connectivity index (χ2n) is 3.28. The van der Waals surface area contributed by atoms with Gasteiger partial charge in [-0.05, 0) is 0 Å². The molecule has 1 aromatic rings. The van der Waals surface area contributed by atoms with Gasteiger partial charge in [0.15, 0.2) is 0 Å². The maximum atomic E-state index is 11.7. The number of hydrogen-bond acceptors (Lipinski definition) is 6. The summed E-state index contributed by atoms with van der Waals surface area (Å²) in [4.78, 5) is 23.4. The lowest BCUT2D eigenvalue weighted by Crippen LogP contribution is -2.53. The van der Waals surface area contributed by atoms with Crippen molar-refractivity contribution in [1.29, 1.82) is 0 Å². The van der Waals surface area contributed by atoms with Crippen LogP contribution in [0.15, 0.2) is 15.8 Å². The molecule has 17 heavy (non-hydrogen) atoms. The van der Waals surface area contributed by atoms with Gasteiger partial charge in [0.05, 0.1) is 5.46 Å². The molecule has 2 N–H and O–H groups in total. The normalized spacial score (nSPS) is 10.6. The van der Waals surface area contributed by atoms with Crippen molar-refractivity contribution in [3.05, 3.63) is 27.0 Å². The van der Waals surface area contributed by atoms with E-state index in [1.807, 2.05) is 0 Å². The topological polar surface area (TPSA) is 103 Å². The van der Waals surface area contributed by atoms with E-state index in [1.54, 1.807) is 0 Å². The molecule has 0 amide bonds. The molecule has 0 spiro atoms. The SMILES string of the molecule is COCn1cc(B(O)O)c(=O)n(COC)c1=O. The third kappa shape index (κ3) is 2.83. The van der Waals surface area contributed by atoms with E-state index in [1.165, 1.54) is 14.2 Å². The first-order chi connectivity index (χ1) is 8.02. The van der Waals surface area contributed by atoms with E-state index in [0.717, 1.165) is 15.3 Å². The molecule has 0 radical (unpaired) electrons. The Morgan fingerprint density at radius 2 is 1.82 bits per heavy atom. The number of rotatable bonds is 5. The number of ether oxygens (including phenoxy) is 2. The fourth-order valence-electron chi connectivity index (χ4n) is 1.33. The molecule has 0 aliphatic heterocycles. The van der Waals surface area contributed by atoms with E-state index >= 15 is 0 Å². The van der Waals surface area contributed by atoms with Gasteiger partial charge >= 0.3 is 12.8 Å². The van der Waals surface area contributed by atoms with Gasteiger partial charge in [0, 0.05) is 20.4 Å². The van der Waals surface area contributed by atoms with Gasteiger partial charge in [0.1, 0.15) is 13.5 Å². The van der Waals surface area contributed by atoms with Crippen LogP contribution in [-0.2, 0) is 22.9 Å². The van der Waals surface area contributed by atoms with Gasteiger partial charge in [-0.15, -0.1) is 0 Å². The van der Waals surface area contributed by atoms with Crippen LogP contribution in [0.5, 0.6) is 0 Å². The van der Waals surface area contributed by atoms with Crippen molar-refractivity contribution in [3.8, 4) is 0 Å². The molecule has 0 aliphatic carbocycles. The summed E-state index contributed by atoms with van der Waals surface area (Å²) in [6.45, 7) is -0.384. The van der Waals surface area contributed by atoms with Crippen LogP contribution in [0.25, 0.3) is 0 Å². The van der Waals surface area contributed by atoms with Gasteiger partial charge in [-0.1, -0.05) is 0 Å². The molecular weight excluding hydrogens is 231 g/mol. The molecule has 0 aromatic carbocycles. The quantitative estimate of drug-likeness (QED) is 0.532. The monoisotopic (exact) mass is 244 g/mol. The summed E-state index contributed by atoms with van der Waals surface area (Å²) < 4.78 is 11.2. The summed E-state index contributed by atoms with van der Waals surface area (Å²) in [6, 6.07) is 0. The van der Waals surface area contributed by atoms with E-state index in [9.17, 15) is 9.59 Å². The lowest BCUT2D eigenvalue weighted by atomic mass is 9.82. The van der Waals surface area contributed by atoms with Crippen molar-refractivity contribution in [2.45, 2.75) is 13.5 Å². The van der Waals surface area contributed by atoms with E-state index in [0.29, 0.717) is 0 Å². The van der Waals surface area contributed by atoms with Crippen molar-refractivity contribution >= 4 is 12.6 Å². The predicted octanol–water partition coefficient (Wildman–Crippen LogP) is -3.10. The zero-order chi connectivity index (χ0) is 13.0. The molecule has 0 unspecified atom stereocenters. The van der Waals surface area contributed by atoms with Gasteiger partial charge in [0.25, 0.3) is 5.56 Å². The summed E-state index contributed by atoms with van der Waals surface area (Å²) in [5.74, 6) is 0. The van der Waals surface area contributed by atoms with Crippen LogP contribution >= 0.6 is 0 Å². The molecule has 94 valence electrons. The largest absolute Gasteiger partial charge is 0.495 e. The minimum Gasteiger partial charge on any atom is -0.423 e. The summed E-state index contributed by atoms with van der Waals surface area (Å²) in [5, 5.41) is 18.1. The highest BCUT2D eigenvalue weighted by Gasteiger charge is 2.20. The average molecular weight is 244 g/mol. The van der Waals surface area contributed by atoms with Gasteiger partial charge in [-0.3, -0.25) is 9.36 Å². The minimum absolute atomic E-state index is 0.109. The van der Waals surface area contributed by atoms with Crippen molar-refractivity contribution in [2.24, 2.45) is 0 Å². The van der Waals surface area contributed by atoms with E-state index < -0.39 is 18.4 Å². The van der Waals surface area contributed by atoms with Crippen LogP contribution in [0.3, 0.4) is 0 Å². The molecule has 8 nitrogen and oxygen atoms in total. The van der Waals surface area contributed by atoms with Crippen molar-refractivity contribution in [3.63, 3.8) is 0 Å². The number of hydrogen-bond donors (Lipinski definition) is 2. The standard InChI is InChI=1S/C8H13BN2O6/c1-16-4-10-3-6(9(14)15)7(12)11(5-17-2)8(10)13/h3,14-15H,4-5H2,1-2H3. The first-order valence-electron chi connectivity index (χ1n) is 4.71. The predicted molar refractivity (Wildman–Crippen MR) is 58.8 cm³/mol. The minimum atomic E-state index is -1.96. The maximum Gasteiger partial charge on any atom is 0.495 e. The Morgan fingerprint density at radius 3 is 2.29 bits per heavy atom. The Kier molecular flexibility index (Phi) is 4.64. The molecular formula is C8H13BN2O6. The molecule has 9 heteroatoms. The highest BCUT2D eigenvalue weighted by Crippen LogP contribution is 1.81. The van der Waals surface area contributed by atoms with Gasteiger partial charge in [0.2, 0.25) is 0 Å². The summed E-state index contributed by atoms with van der Waals surface area (Å²) in [5.41, 5.74) is -1.78. The van der Waals surface area contributed by atoms with Gasteiger partial charge in [-0.25, -0.2) is 9.36 Å². The zero-order valence-corrected chi connectivity index (χ0v) is 9.49. The van der Waals surface area contributed by atoms with Crippen molar-refractivity contribution < 1.29 is 19.5 Å². The molecule has 0 bridgehead atoms. The smallest absolute Gasteiger partial charge is 0.423 e. The molecule has 0 aliphatic rings. The van der Waals surface area contributed by atoms with Crippen LogP contribution in [0.1, 0.15) is 0 Å². The number of methoxy groups -OCH3 is 2. The Hall–Kier alpha value is -1.42. The van der Waals surface area contributed by atoms with Crippen LogP contribution in [0, 0.1) is 0 Å². The molecule has 0 fully saturated rings. The Balaban J connectivity index is 3.46. The summed E-state index contributed by atoms with van der Waals surface area (Å²) in [6.07, 6.45) is 1.05. The molecule has 0 saturated heterocycles. The fourth-order valence-corrected chi connectivity index (χ4v) is 1.33. The summed E-state index contributed by atoms with van der Waals surface area (Å²) >= 11 is 0. The Bertz CT molecular complexity index is 494. The maximum absolute atomic E-state index is 11.7. The zero-order valence-electron chi connectivity index (χ0n) is 9.49. The second-order valence-corrected chi connectivity index (χ2v) is 3.28. The molecule has 0 atom stereocenters. The highest BCUT2D eigenvalue weighted by atomic mass is 16.5. The van der Waals surface area contributed by atoms with Crippen LogP contribution < -0.4 is 16.7 Å². The van der Waals surface area contributed by atoms with E-state index in [4.69, 9.17) is 19.5 Å².